The highest BCUT2D eigenvalue weighted by Gasteiger charge is 2.23. The Kier molecular flexibility index (Phi) is 3.05. The summed E-state index contributed by atoms with van der Waals surface area (Å²) in [5, 5.41) is 3.61. The first-order valence-electron chi connectivity index (χ1n) is 6.81. The van der Waals surface area contributed by atoms with Crippen LogP contribution in [0.2, 0.25) is 0 Å². The molecule has 4 heteroatoms. The molecule has 1 saturated heterocycles. The van der Waals surface area contributed by atoms with Gasteiger partial charge in [-0.05, 0) is 32.9 Å². The zero-order chi connectivity index (χ0) is 11.7. The van der Waals surface area contributed by atoms with E-state index in [1.165, 1.54) is 38.6 Å². The van der Waals surface area contributed by atoms with Crippen molar-refractivity contribution in [3.8, 4) is 0 Å². The highest BCUT2D eigenvalue weighted by molar-refractivity contribution is 5.29. The molecule has 17 heavy (non-hydrogen) atoms. The van der Waals surface area contributed by atoms with Crippen LogP contribution in [0.4, 0.5) is 5.95 Å². The number of nitrogens with zero attached hydrogens (tertiary/aromatic N) is 3. The van der Waals surface area contributed by atoms with E-state index in [2.05, 4.69) is 33.0 Å². The third-order valence-electron chi connectivity index (χ3n) is 4.11. The van der Waals surface area contributed by atoms with Crippen LogP contribution in [-0.2, 0) is 0 Å². The molecule has 1 unspecified atom stereocenters. The summed E-state index contributed by atoms with van der Waals surface area (Å²) in [4.78, 5) is 6.86. The van der Waals surface area contributed by atoms with Crippen molar-refractivity contribution in [1.82, 2.24) is 14.5 Å². The van der Waals surface area contributed by atoms with Crippen molar-refractivity contribution in [3.63, 3.8) is 0 Å². The van der Waals surface area contributed by atoms with Gasteiger partial charge in [0.05, 0.1) is 0 Å². The predicted molar refractivity (Wildman–Crippen MR) is 69.3 cm³/mol. The summed E-state index contributed by atoms with van der Waals surface area (Å²) >= 11 is 0. The SMILES string of the molecule is CN1CCC(Nc2nccn2C2CCCC2)C1. The minimum atomic E-state index is 0.572. The molecule has 0 bridgehead atoms. The number of nitrogens with one attached hydrogen (secondary N) is 1. The molecule has 1 aromatic heterocycles. The Balaban J connectivity index is 1.68. The van der Waals surface area contributed by atoms with E-state index < -0.39 is 0 Å². The standard InChI is InChI=1S/C13H22N4/c1-16-8-6-11(10-16)15-13-14-7-9-17(13)12-4-2-3-5-12/h7,9,11-12H,2-6,8,10H2,1H3,(H,14,15). The fourth-order valence-corrected chi connectivity index (χ4v) is 3.14. The maximum atomic E-state index is 4.48. The summed E-state index contributed by atoms with van der Waals surface area (Å²) in [6.45, 7) is 2.33. The van der Waals surface area contributed by atoms with Crippen molar-refractivity contribution < 1.29 is 0 Å². The first-order chi connectivity index (χ1) is 8.33. The minimum absolute atomic E-state index is 0.572. The van der Waals surface area contributed by atoms with E-state index in [1.54, 1.807) is 0 Å². The van der Waals surface area contributed by atoms with Gasteiger partial charge in [0.2, 0.25) is 5.95 Å². The van der Waals surface area contributed by atoms with Gasteiger partial charge < -0.3 is 14.8 Å². The normalized spacial score (nSPS) is 26.8. The smallest absolute Gasteiger partial charge is 0.203 e. The molecule has 94 valence electrons. The van der Waals surface area contributed by atoms with Gasteiger partial charge in [-0.25, -0.2) is 4.98 Å². The minimum Gasteiger partial charge on any atom is -0.352 e. The second-order valence-electron chi connectivity index (χ2n) is 5.49. The molecular weight excluding hydrogens is 212 g/mol. The Hall–Kier alpha value is -1.03. The molecule has 3 rings (SSSR count). The molecule has 0 aromatic carbocycles. The number of aromatic nitrogens is 2. The molecule has 1 aliphatic carbocycles. The van der Waals surface area contributed by atoms with Gasteiger partial charge in [-0.3, -0.25) is 0 Å². The third-order valence-corrected chi connectivity index (χ3v) is 4.11. The maximum Gasteiger partial charge on any atom is 0.203 e. The molecule has 1 N–H and O–H groups in total. The summed E-state index contributed by atoms with van der Waals surface area (Å²) in [6.07, 6.45) is 10.7. The van der Waals surface area contributed by atoms with Gasteiger partial charge in [-0.2, -0.15) is 0 Å². The first-order valence-corrected chi connectivity index (χ1v) is 6.81. The van der Waals surface area contributed by atoms with Crippen LogP contribution in [0.25, 0.3) is 0 Å². The van der Waals surface area contributed by atoms with Gasteiger partial charge >= 0.3 is 0 Å². The number of rotatable bonds is 3. The van der Waals surface area contributed by atoms with Gasteiger partial charge in [0.15, 0.2) is 0 Å². The lowest BCUT2D eigenvalue weighted by Crippen LogP contribution is -2.25. The molecule has 4 nitrogen and oxygen atoms in total. The lowest BCUT2D eigenvalue weighted by molar-refractivity contribution is 0.413. The van der Waals surface area contributed by atoms with Gasteiger partial charge in [0.25, 0.3) is 0 Å². The molecular formula is C13H22N4. The summed E-state index contributed by atoms with van der Waals surface area (Å²) in [7, 11) is 2.19. The van der Waals surface area contributed by atoms with E-state index in [-0.39, 0.29) is 0 Å². The fraction of sp³-hybridized carbons (Fsp3) is 0.769. The van der Waals surface area contributed by atoms with E-state index >= 15 is 0 Å². The van der Waals surface area contributed by atoms with Crippen LogP contribution in [0.3, 0.4) is 0 Å². The Morgan fingerprint density at radius 1 is 1.29 bits per heavy atom. The molecule has 0 amide bonds. The molecule has 0 radical (unpaired) electrons. The largest absolute Gasteiger partial charge is 0.352 e. The highest BCUT2D eigenvalue weighted by atomic mass is 15.3. The van der Waals surface area contributed by atoms with E-state index in [4.69, 9.17) is 0 Å². The topological polar surface area (TPSA) is 33.1 Å². The Morgan fingerprint density at radius 2 is 2.12 bits per heavy atom. The van der Waals surface area contributed by atoms with Crippen molar-refractivity contribution in [2.24, 2.45) is 0 Å². The summed E-state index contributed by atoms with van der Waals surface area (Å²) in [5.74, 6) is 1.08. The maximum absolute atomic E-state index is 4.48. The van der Waals surface area contributed by atoms with Crippen LogP contribution < -0.4 is 5.32 Å². The van der Waals surface area contributed by atoms with Crippen LogP contribution in [0.15, 0.2) is 12.4 Å². The van der Waals surface area contributed by atoms with E-state index in [0.29, 0.717) is 12.1 Å². The lowest BCUT2D eigenvalue weighted by atomic mass is 10.2. The van der Waals surface area contributed by atoms with Crippen molar-refractivity contribution in [1.29, 1.82) is 0 Å². The zero-order valence-corrected chi connectivity index (χ0v) is 10.6. The monoisotopic (exact) mass is 234 g/mol. The average molecular weight is 234 g/mol. The van der Waals surface area contributed by atoms with Gasteiger partial charge in [-0.15, -0.1) is 0 Å². The van der Waals surface area contributed by atoms with Crippen LogP contribution in [-0.4, -0.2) is 40.6 Å². The molecule has 1 aromatic rings. The van der Waals surface area contributed by atoms with Crippen molar-refractivity contribution >= 4 is 5.95 Å². The van der Waals surface area contributed by atoms with Crippen LogP contribution >= 0.6 is 0 Å². The summed E-state index contributed by atoms with van der Waals surface area (Å²) < 4.78 is 2.35. The molecule has 0 spiro atoms. The second kappa shape index (κ2) is 4.69. The fourth-order valence-electron chi connectivity index (χ4n) is 3.14. The van der Waals surface area contributed by atoms with Crippen LogP contribution in [0.1, 0.15) is 38.1 Å². The quantitative estimate of drug-likeness (QED) is 0.869. The van der Waals surface area contributed by atoms with E-state index in [0.717, 1.165) is 12.5 Å². The van der Waals surface area contributed by atoms with Crippen molar-refractivity contribution in [2.45, 2.75) is 44.2 Å². The average Bonchev–Trinajstić information content (AvgIpc) is 3.00. The molecule has 2 aliphatic rings. The number of imidazole rings is 1. The number of anilines is 1. The van der Waals surface area contributed by atoms with Gasteiger partial charge in [0, 0.05) is 31.0 Å². The molecule has 1 atom stereocenters. The number of likely N-dealkylation sites (N-methyl/N-ethyl adjacent to an activating group) is 1. The van der Waals surface area contributed by atoms with E-state index in [9.17, 15) is 0 Å². The molecule has 2 fully saturated rings. The van der Waals surface area contributed by atoms with E-state index in [1.807, 2.05) is 6.20 Å². The summed E-state index contributed by atoms with van der Waals surface area (Å²) in [5.41, 5.74) is 0. The zero-order valence-electron chi connectivity index (χ0n) is 10.6. The van der Waals surface area contributed by atoms with Crippen LogP contribution in [0.5, 0.6) is 0 Å². The third kappa shape index (κ3) is 2.32. The Morgan fingerprint density at radius 3 is 2.82 bits per heavy atom. The molecule has 1 saturated carbocycles. The van der Waals surface area contributed by atoms with Crippen molar-refractivity contribution in [3.05, 3.63) is 12.4 Å². The Labute approximate surface area is 103 Å². The predicted octanol–water partition coefficient (Wildman–Crippen LogP) is 2.11. The van der Waals surface area contributed by atoms with Crippen LogP contribution in [0, 0.1) is 0 Å². The molecule has 1 aliphatic heterocycles. The Bertz CT molecular complexity index is 367. The first kappa shape index (κ1) is 11.1. The van der Waals surface area contributed by atoms with Gasteiger partial charge in [-0.1, -0.05) is 12.8 Å². The lowest BCUT2D eigenvalue weighted by Gasteiger charge is -2.18. The van der Waals surface area contributed by atoms with Gasteiger partial charge in [0.1, 0.15) is 0 Å². The van der Waals surface area contributed by atoms with Crippen molar-refractivity contribution in [2.75, 3.05) is 25.5 Å². The number of hydrogen-bond acceptors (Lipinski definition) is 3. The second-order valence-corrected chi connectivity index (χ2v) is 5.49. The highest BCUT2D eigenvalue weighted by Crippen LogP contribution is 2.31. The number of hydrogen-bond donors (Lipinski definition) is 1. The molecule has 2 heterocycles. The number of likely N-dealkylation sites (tertiary alicyclic amines) is 1. The summed E-state index contributed by atoms with van der Waals surface area (Å²) in [6, 6.07) is 1.25.